The Morgan fingerprint density at radius 3 is 2.30 bits per heavy atom. The summed E-state index contributed by atoms with van der Waals surface area (Å²) in [6.45, 7) is 2.07. The predicted molar refractivity (Wildman–Crippen MR) is 82.2 cm³/mol. The van der Waals surface area contributed by atoms with Gasteiger partial charge in [0.1, 0.15) is 0 Å². The van der Waals surface area contributed by atoms with Gasteiger partial charge in [0.05, 0.1) is 5.30 Å². The normalized spacial score (nSPS) is 11.6. The van der Waals surface area contributed by atoms with Gasteiger partial charge in [-0.05, 0) is 29.5 Å². The summed E-state index contributed by atoms with van der Waals surface area (Å²) in [4.78, 5) is 19.4. The maximum atomic E-state index is 11.9. The zero-order valence-corrected chi connectivity index (χ0v) is 12.4. The van der Waals surface area contributed by atoms with E-state index in [1.165, 1.54) is 0 Å². The molecule has 0 radical (unpaired) electrons. The smallest absolute Gasteiger partial charge is 0.321 e. The van der Waals surface area contributed by atoms with E-state index in [1.807, 2.05) is 42.5 Å². The van der Waals surface area contributed by atoms with Gasteiger partial charge in [0, 0.05) is 0 Å². The molecule has 2 aromatic carbocycles. The van der Waals surface area contributed by atoms with Crippen LogP contribution in [0, 0.1) is 0 Å². The molecule has 0 atom stereocenters. The summed E-state index contributed by atoms with van der Waals surface area (Å²) in [7, 11) is -4.30. The average Bonchev–Trinajstić information content (AvgIpc) is 2.44. The second-order valence-electron chi connectivity index (χ2n) is 4.83. The summed E-state index contributed by atoms with van der Waals surface area (Å²) in [5.74, 6) is 0. The van der Waals surface area contributed by atoms with Gasteiger partial charge in [-0.1, -0.05) is 61.9 Å². The van der Waals surface area contributed by atoms with Gasteiger partial charge in [0.25, 0.3) is 0 Å². The fourth-order valence-electron chi connectivity index (χ4n) is 2.35. The molecule has 0 aliphatic heterocycles. The average molecular weight is 290 g/mol. The van der Waals surface area contributed by atoms with Crippen molar-refractivity contribution in [2.45, 2.75) is 26.2 Å². The Balaban J connectivity index is 2.60. The maximum absolute atomic E-state index is 11.9. The lowest BCUT2D eigenvalue weighted by atomic mass is 10.0. The molecular weight excluding hydrogens is 271 g/mol. The second kappa shape index (κ2) is 6.36. The SMILES string of the molecule is CCCCc1cccc(-c2ccccc2)c1P(=O)(O)O. The zero-order chi connectivity index (χ0) is 14.6. The lowest BCUT2D eigenvalue weighted by Gasteiger charge is -2.16. The molecule has 0 aromatic heterocycles. The largest absolute Gasteiger partial charge is 0.357 e. The van der Waals surface area contributed by atoms with Gasteiger partial charge in [-0.25, -0.2) is 0 Å². The molecular formula is C16H19O3P. The van der Waals surface area contributed by atoms with Crippen molar-refractivity contribution in [3.05, 3.63) is 54.1 Å². The highest BCUT2D eigenvalue weighted by molar-refractivity contribution is 7.60. The molecule has 2 N–H and O–H groups in total. The Bertz CT molecular complexity index is 617. The third kappa shape index (κ3) is 3.37. The molecule has 20 heavy (non-hydrogen) atoms. The number of hydrogen-bond donors (Lipinski definition) is 2. The molecule has 0 unspecified atom stereocenters. The number of hydrogen-bond acceptors (Lipinski definition) is 1. The van der Waals surface area contributed by atoms with Crippen LogP contribution in [0.1, 0.15) is 25.3 Å². The van der Waals surface area contributed by atoms with E-state index in [-0.39, 0.29) is 5.30 Å². The van der Waals surface area contributed by atoms with Crippen molar-refractivity contribution in [1.82, 2.24) is 0 Å². The summed E-state index contributed by atoms with van der Waals surface area (Å²) >= 11 is 0. The van der Waals surface area contributed by atoms with Crippen LogP contribution in [0.5, 0.6) is 0 Å². The number of rotatable bonds is 5. The second-order valence-corrected chi connectivity index (χ2v) is 6.36. The van der Waals surface area contributed by atoms with Gasteiger partial charge >= 0.3 is 7.60 Å². The highest BCUT2D eigenvalue weighted by Gasteiger charge is 2.25. The van der Waals surface area contributed by atoms with Crippen molar-refractivity contribution in [3.8, 4) is 11.1 Å². The molecule has 0 spiro atoms. The molecule has 0 saturated carbocycles. The third-order valence-corrected chi connectivity index (χ3v) is 4.41. The predicted octanol–water partition coefficient (Wildman–Crippen LogP) is 3.50. The summed E-state index contributed by atoms with van der Waals surface area (Å²) in [6, 6.07) is 14.8. The van der Waals surface area contributed by atoms with Gasteiger partial charge in [-0.3, -0.25) is 4.57 Å². The first-order chi connectivity index (χ1) is 9.54. The molecule has 0 aliphatic rings. The lowest BCUT2D eigenvalue weighted by molar-refractivity contribution is 0.387. The van der Waals surface area contributed by atoms with Crippen molar-refractivity contribution in [2.75, 3.05) is 0 Å². The van der Waals surface area contributed by atoms with E-state index in [0.29, 0.717) is 12.0 Å². The Morgan fingerprint density at radius 1 is 1.00 bits per heavy atom. The summed E-state index contributed by atoms with van der Waals surface area (Å²) in [6.07, 6.45) is 2.61. The minimum atomic E-state index is -4.30. The van der Waals surface area contributed by atoms with Gasteiger partial charge < -0.3 is 9.79 Å². The van der Waals surface area contributed by atoms with Crippen molar-refractivity contribution in [3.63, 3.8) is 0 Å². The third-order valence-electron chi connectivity index (χ3n) is 3.30. The molecule has 3 nitrogen and oxygen atoms in total. The van der Waals surface area contributed by atoms with Gasteiger partial charge in [-0.15, -0.1) is 0 Å². The minimum absolute atomic E-state index is 0.180. The monoisotopic (exact) mass is 290 g/mol. The molecule has 0 bridgehead atoms. The molecule has 0 aliphatic carbocycles. The van der Waals surface area contributed by atoms with Crippen molar-refractivity contribution in [1.29, 1.82) is 0 Å². The topological polar surface area (TPSA) is 57.5 Å². The van der Waals surface area contributed by atoms with Crippen molar-refractivity contribution < 1.29 is 14.4 Å². The molecule has 4 heteroatoms. The molecule has 2 aromatic rings. The van der Waals surface area contributed by atoms with Crippen molar-refractivity contribution in [2.24, 2.45) is 0 Å². The first-order valence-electron chi connectivity index (χ1n) is 6.77. The first kappa shape index (κ1) is 15.0. The van der Waals surface area contributed by atoms with E-state index in [4.69, 9.17) is 0 Å². The molecule has 106 valence electrons. The minimum Gasteiger partial charge on any atom is -0.321 e. The van der Waals surface area contributed by atoms with Gasteiger partial charge in [-0.2, -0.15) is 0 Å². The highest BCUT2D eigenvalue weighted by atomic mass is 31.2. The fraction of sp³-hybridized carbons (Fsp3) is 0.250. The Morgan fingerprint density at radius 2 is 1.70 bits per heavy atom. The fourth-order valence-corrected chi connectivity index (χ4v) is 3.43. The molecule has 0 saturated heterocycles. The summed E-state index contributed by atoms with van der Waals surface area (Å²) in [5.41, 5.74) is 2.22. The Hall–Kier alpha value is -1.41. The number of aryl methyl sites for hydroxylation is 1. The van der Waals surface area contributed by atoms with Crippen LogP contribution < -0.4 is 5.30 Å². The van der Waals surface area contributed by atoms with Crippen LogP contribution in [0.4, 0.5) is 0 Å². The standard InChI is InChI=1S/C16H19O3P/c1-2-3-8-14-11-7-12-15(16(14)20(17,18)19)13-9-5-4-6-10-13/h4-7,9-12H,2-3,8H2,1H3,(H2,17,18,19). The summed E-state index contributed by atoms with van der Waals surface area (Å²) in [5, 5.41) is 0.180. The lowest BCUT2D eigenvalue weighted by Crippen LogP contribution is -2.14. The number of benzene rings is 2. The highest BCUT2D eigenvalue weighted by Crippen LogP contribution is 2.39. The Labute approximate surface area is 119 Å². The maximum Gasteiger partial charge on any atom is 0.357 e. The van der Waals surface area contributed by atoms with E-state index in [0.717, 1.165) is 24.0 Å². The van der Waals surface area contributed by atoms with E-state index < -0.39 is 7.60 Å². The van der Waals surface area contributed by atoms with Crippen LogP contribution in [0.2, 0.25) is 0 Å². The van der Waals surface area contributed by atoms with Crippen LogP contribution in [0.25, 0.3) is 11.1 Å². The zero-order valence-electron chi connectivity index (χ0n) is 11.5. The quantitative estimate of drug-likeness (QED) is 0.829. The van der Waals surface area contributed by atoms with Crippen LogP contribution in [-0.2, 0) is 11.0 Å². The van der Waals surface area contributed by atoms with E-state index in [1.54, 1.807) is 6.07 Å². The van der Waals surface area contributed by atoms with Crippen LogP contribution in [-0.4, -0.2) is 9.79 Å². The molecule has 0 heterocycles. The van der Waals surface area contributed by atoms with Crippen LogP contribution in [0.3, 0.4) is 0 Å². The number of unbranched alkanes of at least 4 members (excludes halogenated alkanes) is 1. The van der Waals surface area contributed by atoms with Gasteiger partial charge in [0.15, 0.2) is 0 Å². The molecule has 0 amide bonds. The summed E-state index contributed by atoms with van der Waals surface area (Å²) < 4.78 is 11.9. The van der Waals surface area contributed by atoms with Crippen molar-refractivity contribution >= 4 is 12.9 Å². The van der Waals surface area contributed by atoms with E-state index >= 15 is 0 Å². The molecule has 0 fully saturated rings. The van der Waals surface area contributed by atoms with E-state index in [9.17, 15) is 14.4 Å². The van der Waals surface area contributed by atoms with Crippen LogP contribution in [0.15, 0.2) is 48.5 Å². The first-order valence-corrected chi connectivity index (χ1v) is 8.38. The van der Waals surface area contributed by atoms with Gasteiger partial charge in [0.2, 0.25) is 0 Å². The Kier molecular flexibility index (Phi) is 4.77. The molecule has 2 rings (SSSR count). The van der Waals surface area contributed by atoms with Crippen LogP contribution >= 0.6 is 7.60 Å². The van der Waals surface area contributed by atoms with E-state index in [2.05, 4.69) is 6.92 Å².